The number of amides is 2. The Bertz CT molecular complexity index is 271. The zero-order valence-corrected chi connectivity index (χ0v) is 11.8. The maximum atomic E-state index is 11.7. The third-order valence-electron chi connectivity index (χ3n) is 2.35. The van der Waals surface area contributed by atoms with Crippen molar-refractivity contribution in [2.24, 2.45) is 0 Å². The van der Waals surface area contributed by atoms with Gasteiger partial charge in [0, 0.05) is 19.1 Å². The fourth-order valence-corrected chi connectivity index (χ4v) is 1.12. The zero-order chi connectivity index (χ0) is 13.6. The molecule has 0 fully saturated rings. The van der Waals surface area contributed by atoms with Gasteiger partial charge in [-0.05, 0) is 34.6 Å². The van der Waals surface area contributed by atoms with E-state index in [0.717, 1.165) is 0 Å². The molecule has 0 aliphatic heterocycles. The molecule has 0 aromatic rings. The van der Waals surface area contributed by atoms with E-state index in [2.05, 4.69) is 10.6 Å². The molecule has 0 saturated heterocycles. The minimum atomic E-state index is -0.372. The van der Waals surface area contributed by atoms with Gasteiger partial charge in [0.05, 0.1) is 12.6 Å². The average Bonchev–Trinajstić information content (AvgIpc) is 2.21. The molecule has 0 rings (SSSR count). The first-order valence-electron chi connectivity index (χ1n) is 5.96. The molecule has 17 heavy (non-hydrogen) atoms. The van der Waals surface area contributed by atoms with Crippen molar-refractivity contribution in [3.8, 4) is 0 Å². The Labute approximate surface area is 104 Å². The summed E-state index contributed by atoms with van der Waals surface area (Å²) >= 11 is 0. The summed E-state index contributed by atoms with van der Waals surface area (Å²) in [5, 5.41) is 5.78. The Morgan fingerprint density at radius 1 is 1.29 bits per heavy atom. The highest BCUT2D eigenvalue weighted by atomic mass is 16.2. The van der Waals surface area contributed by atoms with Gasteiger partial charge in [0.1, 0.15) is 0 Å². The SMILES string of the molecule is CCN(C)C(=O)CNC(C)C(=O)NC(C)(C)C. The lowest BCUT2D eigenvalue weighted by Crippen LogP contribution is -2.51. The van der Waals surface area contributed by atoms with Crippen LogP contribution in [0.3, 0.4) is 0 Å². The minimum Gasteiger partial charge on any atom is -0.350 e. The van der Waals surface area contributed by atoms with Crippen LogP contribution in [-0.2, 0) is 9.59 Å². The predicted octanol–water partition coefficient (Wildman–Crippen LogP) is 0.358. The molecular formula is C12H25N3O2. The van der Waals surface area contributed by atoms with Crippen molar-refractivity contribution in [3.05, 3.63) is 0 Å². The van der Waals surface area contributed by atoms with Crippen LogP contribution < -0.4 is 10.6 Å². The van der Waals surface area contributed by atoms with Crippen molar-refractivity contribution in [2.45, 2.75) is 46.2 Å². The first kappa shape index (κ1) is 15.9. The van der Waals surface area contributed by atoms with Crippen LogP contribution >= 0.6 is 0 Å². The Balaban J connectivity index is 4.06. The van der Waals surface area contributed by atoms with Crippen LogP contribution in [0.2, 0.25) is 0 Å². The Hall–Kier alpha value is -1.10. The molecule has 5 heteroatoms. The van der Waals surface area contributed by atoms with Crippen molar-refractivity contribution in [1.29, 1.82) is 0 Å². The fourth-order valence-electron chi connectivity index (χ4n) is 1.12. The van der Waals surface area contributed by atoms with Crippen molar-refractivity contribution in [2.75, 3.05) is 20.1 Å². The van der Waals surface area contributed by atoms with E-state index in [4.69, 9.17) is 0 Å². The Morgan fingerprint density at radius 2 is 1.82 bits per heavy atom. The summed E-state index contributed by atoms with van der Waals surface area (Å²) < 4.78 is 0. The van der Waals surface area contributed by atoms with Crippen molar-refractivity contribution >= 4 is 11.8 Å². The molecule has 0 heterocycles. The lowest BCUT2D eigenvalue weighted by Gasteiger charge is -2.24. The quantitative estimate of drug-likeness (QED) is 0.733. The number of likely N-dealkylation sites (N-methyl/N-ethyl adjacent to an activating group) is 1. The van der Waals surface area contributed by atoms with E-state index < -0.39 is 0 Å². The lowest BCUT2D eigenvalue weighted by molar-refractivity contribution is -0.129. The summed E-state index contributed by atoms with van der Waals surface area (Å²) in [7, 11) is 1.74. The third kappa shape index (κ3) is 6.94. The molecule has 5 nitrogen and oxygen atoms in total. The minimum absolute atomic E-state index is 0.0112. The number of rotatable bonds is 5. The highest BCUT2D eigenvalue weighted by molar-refractivity contribution is 5.83. The van der Waals surface area contributed by atoms with Gasteiger partial charge < -0.3 is 10.2 Å². The summed E-state index contributed by atoms with van der Waals surface area (Å²) in [6.45, 7) is 10.3. The lowest BCUT2D eigenvalue weighted by atomic mass is 10.1. The van der Waals surface area contributed by atoms with E-state index in [1.807, 2.05) is 27.7 Å². The van der Waals surface area contributed by atoms with Crippen molar-refractivity contribution in [3.63, 3.8) is 0 Å². The summed E-state index contributed by atoms with van der Waals surface area (Å²) in [5.74, 6) is -0.104. The van der Waals surface area contributed by atoms with E-state index in [0.29, 0.717) is 6.54 Å². The number of nitrogens with zero attached hydrogens (tertiary/aromatic N) is 1. The van der Waals surface area contributed by atoms with Gasteiger partial charge in [0.2, 0.25) is 11.8 Å². The molecule has 0 bridgehead atoms. The van der Waals surface area contributed by atoms with Gasteiger partial charge in [0.25, 0.3) is 0 Å². The number of nitrogens with one attached hydrogen (secondary N) is 2. The molecule has 0 radical (unpaired) electrons. The topological polar surface area (TPSA) is 61.4 Å². The second kappa shape index (κ2) is 6.59. The molecular weight excluding hydrogens is 218 g/mol. The van der Waals surface area contributed by atoms with Gasteiger partial charge in [-0.25, -0.2) is 0 Å². The summed E-state index contributed by atoms with van der Waals surface area (Å²) in [5.41, 5.74) is -0.253. The third-order valence-corrected chi connectivity index (χ3v) is 2.35. The van der Waals surface area contributed by atoms with Gasteiger partial charge in [-0.1, -0.05) is 0 Å². The molecule has 0 aliphatic carbocycles. The summed E-state index contributed by atoms with van der Waals surface area (Å²) in [6.07, 6.45) is 0. The van der Waals surface area contributed by atoms with Crippen LogP contribution in [0.5, 0.6) is 0 Å². The molecule has 1 atom stereocenters. The molecule has 0 aromatic carbocycles. The number of carbonyl (C=O) groups is 2. The summed E-state index contributed by atoms with van der Waals surface area (Å²) in [6, 6.07) is -0.372. The normalized spacial score (nSPS) is 13.1. The standard InChI is InChI=1S/C12H25N3O2/c1-7-15(6)10(16)8-13-9(2)11(17)14-12(3,4)5/h9,13H,7-8H2,1-6H3,(H,14,17). The van der Waals surface area contributed by atoms with Crippen molar-refractivity contribution in [1.82, 2.24) is 15.5 Å². The second-order valence-electron chi connectivity index (χ2n) is 5.25. The first-order valence-corrected chi connectivity index (χ1v) is 5.96. The van der Waals surface area contributed by atoms with Gasteiger partial charge >= 0.3 is 0 Å². The largest absolute Gasteiger partial charge is 0.350 e. The maximum Gasteiger partial charge on any atom is 0.237 e. The Morgan fingerprint density at radius 3 is 2.24 bits per heavy atom. The van der Waals surface area contributed by atoms with E-state index in [9.17, 15) is 9.59 Å². The van der Waals surface area contributed by atoms with Crippen LogP contribution in [0.15, 0.2) is 0 Å². The zero-order valence-electron chi connectivity index (χ0n) is 11.8. The van der Waals surface area contributed by atoms with Gasteiger partial charge in [-0.15, -0.1) is 0 Å². The Kier molecular flexibility index (Phi) is 6.16. The first-order chi connectivity index (χ1) is 7.67. The van der Waals surface area contributed by atoms with Crippen LogP contribution in [0.25, 0.3) is 0 Å². The highest BCUT2D eigenvalue weighted by Gasteiger charge is 2.19. The monoisotopic (exact) mass is 243 g/mol. The van der Waals surface area contributed by atoms with E-state index in [1.54, 1.807) is 18.9 Å². The highest BCUT2D eigenvalue weighted by Crippen LogP contribution is 1.99. The summed E-state index contributed by atoms with van der Waals surface area (Å²) in [4.78, 5) is 24.8. The molecule has 2 N–H and O–H groups in total. The number of hydrogen-bond donors (Lipinski definition) is 2. The second-order valence-corrected chi connectivity index (χ2v) is 5.25. The molecule has 0 aromatic heterocycles. The van der Waals surface area contributed by atoms with E-state index >= 15 is 0 Å². The molecule has 0 aliphatic rings. The smallest absolute Gasteiger partial charge is 0.237 e. The molecule has 1 unspecified atom stereocenters. The van der Waals surface area contributed by atoms with E-state index in [1.165, 1.54) is 0 Å². The van der Waals surface area contributed by atoms with Gasteiger partial charge in [-0.2, -0.15) is 0 Å². The van der Waals surface area contributed by atoms with Crippen LogP contribution in [0.1, 0.15) is 34.6 Å². The molecule has 100 valence electrons. The van der Waals surface area contributed by atoms with Gasteiger partial charge in [0.15, 0.2) is 0 Å². The number of carbonyl (C=O) groups excluding carboxylic acids is 2. The van der Waals surface area contributed by atoms with Crippen molar-refractivity contribution < 1.29 is 9.59 Å². The number of hydrogen-bond acceptors (Lipinski definition) is 3. The van der Waals surface area contributed by atoms with Crippen LogP contribution in [0, 0.1) is 0 Å². The van der Waals surface area contributed by atoms with E-state index in [-0.39, 0.29) is 29.9 Å². The van der Waals surface area contributed by atoms with Crippen LogP contribution in [0.4, 0.5) is 0 Å². The average molecular weight is 243 g/mol. The fraction of sp³-hybridized carbons (Fsp3) is 0.833. The molecule has 0 spiro atoms. The molecule has 2 amide bonds. The van der Waals surface area contributed by atoms with Gasteiger partial charge in [-0.3, -0.25) is 14.9 Å². The maximum absolute atomic E-state index is 11.7. The predicted molar refractivity (Wildman–Crippen MR) is 68.7 cm³/mol. The van der Waals surface area contributed by atoms with Crippen LogP contribution in [-0.4, -0.2) is 48.4 Å². The molecule has 0 saturated carbocycles.